The molecule has 0 spiro atoms. The molecule has 0 bridgehead atoms. The van der Waals surface area contributed by atoms with E-state index in [1.54, 1.807) is 19.2 Å². The molecule has 1 aromatic heterocycles. The van der Waals surface area contributed by atoms with Crippen molar-refractivity contribution in [1.82, 2.24) is 9.97 Å². The zero-order chi connectivity index (χ0) is 11.0. The first-order valence-corrected chi connectivity index (χ1v) is 4.43. The van der Waals surface area contributed by atoms with E-state index in [1.807, 2.05) is 6.92 Å². The van der Waals surface area contributed by atoms with Crippen LogP contribution in [0.25, 0.3) is 10.9 Å². The van der Waals surface area contributed by atoms with Crippen LogP contribution in [0.3, 0.4) is 0 Å². The summed E-state index contributed by atoms with van der Waals surface area (Å²) in [6, 6.07) is 3.32. The van der Waals surface area contributed by atoms with E-state index in [2.05, 4.69) is 9.97 Å². The first-order valence-electron chi connectivity index (χ1n) is 4.43. The minimum atomic E-state index is -0.515. The second-order valence-corrected chi connectivity index (χ2v) is 3.28. The summed E-state index contributed by atoms with van der Waals surface area (Å²) in [6.07, 6.45) is 0. The topological polar surface area (TPSA) is 75.0 Å². The lowest BCUT2D eigenvalue weighted by Gasteiger charge is -2.05. The van der Waals surface area contributed by atoms with Crippen LogP contribution in [-0.4, -0.2) is 17.1 Å². The molecule has 15 heavy (non-hydrogen) atoms. The molecular weight excluding hydrogens is 196 g/mol. The quantitative estimate of drug-likeness (QED) is 0.714. The first-order chi connectivity index (χ1) is 7.11. The third kappa shape index (κ3) is 1.52. The summed E-state index contributed by atoms with van der Waals surface area (Å²) in [5.41, 5.74) is 0.423. The lowest BCUT2D eigenvalue weighted by atomic mass is 10.1. The van der Waals surface area contributed by atoms with Crippen LogP contribution in [0, 0.1) is 6.92 Å². The summed E-state index contributed by atoms with van der Waals surface area (Å²) in [5, 5.41) is 0.452. The van der Waals surface area contributed by atoms with Gasteiger partial charge in [-0.15, -0.1) is 0 Å². The summed E-state index contributed by atoms with van der Waals surface area (Å²) in [5.74, 6) is 0.642. The molecule has 0 radical (unpaired) electrons. The highest BCUT2D eigenvalue weighted by Crippen LogP contribution is 2.20. The number of H-pyrrole nitrogens is 2. The van der Waals surface area contributed by atoms with Gasteiger partial charge in [0.15, 0.2) is 0 Å². The van der Waals surface area contributed by atoms with E-state index < -0.39 is 5.69 Å². The molecule has 78 valence electrons. The molecular formula is C10H10N2O3. The summed E-state index contributed by atoms with van der Waals surface area (Å²) in [7, 11) is 1.54. The third-order valence-electron chi connectivity index (χ3n) is 2.25. The number of aryl methyl sites for hydroxylation is 1. The van der Waals surface area contributed by atoms with Crippen molar-refractivity contribution in [3.63, 3.8) is 0 Å². The van der Waals surface area contributed by atoms with Gasteiger partial charge in [0, 0.05) is 6.07 Å². The monoisotopic (exact) mass is 206 g/mol. The number of nitrogens with one attached hydrogen (secondary N) is 2. The van der Waals surface area contributed by atoms with Gasteiger partial charge in [0.1, 0.15) is 5.75 Å². The molecule has 1 aromatic carbocycles. The zero-order valence-corrected chi connectivity index (χ0v) is 8.38. The van der Waals surface area contributed by atoms with Crippen LogP contribution in [0.2, 0.25) is 0 Å². The van der Waals surface area contributed by atoms with Crippen molar-refractivity contribution >= 4 is 10.9 Å². The van der Waals surface area contributed by atoms with Gasteiger partial charge < -0.3 is 9.72 Å². The fourth-order valence-electron chi connectivity index (χ4n) is 1.52. The number of aromatic nitrogens is 2. The van der Waals surface area contributed by atoms with Gasteiger partial charge in [0.05, 0.1) is 18.0 Å². The molecule has 0 fully saturated rings. The van der Waals surface area contributed by atoms with Gasteiger partial charge >= 0.3 is 5.69 Å². The number of methoxy groups -OCH3 is 1. The fourth-order valence-corrected chi connectivity index (χ4v) is 1.52. The minimum absolute atomic E-state index is 0.389. The van der Waals surface area contributed by atoms with E-state index in [-0.39, 0.29) is 5.56 Å². The Morgan fingerprint density at radius 1 is 1.20 bits per heavy atom. The summed E-state index contributed by atoms with van der Waals surface area (Å²) >= 11 is 0. The Balaban J connectivity index is 2.93. The van der Waals surface area contributed by atoms with Crippen LogP contribution < -0.4 is 16.0 Å². The second kappa shape index (κ2) is 3.27. The molecule has 0 saturated heterocycles. The number of fused-ring (bicyclic) bond motifs is 1. The summed E-state index contributed by atoms with van der Waals surface area (Å²) < 4.78 is 5.10. The SMILES string of the molecule is COc1cc2[nH]c(=O)[nH]c(=O)c2cc1C. The van der Waals surface area contributed by atoms with Crippen LogP contribution >= 0.6 is 0 Å². The minimum Gasteiger partial charge on any atom is -0.496 e. The molecule has 1 heterocycles. The molecule has 2 aromatic rings. The molecule has 0 aliphatic heterocycles. The molecule has 5 nitrogen and oxygen atoms in total. The first kappa shape index (κ1) is 9.51. The normalized spacial score (nSPS) is 10.5. The number of hydrogen-bond acceptors (Lipinski definition) is 3. The van der Waals surface area contributed by atoms with Gasteiger partial charge in [-0.05, 0) is 18.6 Å². The molecule has 0 atom stereocenters. The maximum Gasteiger partial charge on any atom is 0.326 e. The standard InChI is InChI=1S/C10H10N2O3/c1-5-3-6-7(4-8(5)15-2)11-10(14)12-9(6)13/h3-4H,1-2H3,(H2,11,12,13,14). The van der Waals surface area contributed by atoms with Gasteiger partial charge in [-0.2, -0.15) is 0 Å². The van der Waals surface area contributed by atoms with Crippen LogP contribution in [0.4, 0.5) is 0 Å². The lowest BCUT2D eigenvalue weighted by Crippen LogP contribution is -2.21. The molecule has 2 N–H and O–H groups in total. The Kier molecular flexibility index (Phi) is 2.07. The highest BCUT2D eigenvalue weighted by atomic mass is 16.5. The van der Waals surface area contributed by atoms with Crippen molar-refractivity contribution in [1.29, 1.82) is 0 Å². The molecule has 0 unspecified atom stereocenters. The van der Waals surface area contributed by atoms with Crippen molar-refractivity contribution in [2.75, 3.05) is 7.11 Å². The molecule has 0 saturated carbocycles. The number of aromatic amines is 2. The van der Waals surface area contributed by atoms with E-state index in [0.29, 0.717) is 16.7 Å². The van der Waals surface area contributed by atoms with E-state index >= 15 is 0 Å². The van der Waals surface area contributed by atoms with Crippen LogP contribution in [0.1, 0.15) is 5.56 Å². The predicted molar refractivity (Wildman–Crippen MR) is 56.5 cm³/mol. The Morgan fingerprint density at radius 2 is 1.93 bits per heavy atom. The molecule has 0 aliphatic carbocycles. The van der Waals surface area contributed by atoms with E-state index in [1.165, 1.54) is 0 Å². The van der Waals surface area contributed by atoms with E-state index in [4.69, 9.17) is 4.74 Å². The number of ether oxygens (including phenoxy) is 1. The van der Waals surface area contributed by atoms with Crippen molar-refractivity contribution in [3.8, 4) is 5.75 Å². The second-order valence-electron chi connectivity index (χ2n) is 3.28. The summed E-state index contributed by atoms with van der Waals surface area (Å²) in [4.78, 5) is 27.2. The van der Waals surface area contributed by atoms with Crippen molar-refractivity contribution in [3.05, 3.63) is 38.5 Å². The highest BCUT2D eigenvalue weighted by molar-refractivity contribution is 5.80. The van der Waals surface area contributed by atoms with Gasteiger partial charge in [0.2, 0.25) is 0 Å². The maximum atomic E-state index is 11.4. The smallest absolute Gasteiger partial charge is 0.326 e. The van der Waals surface area contributed by atoms with Gasteiger partial charge in [-0.1, -0.05) is 0 Å². The van der Waals surface area contributed by atoms with Crippen LogP contribution in [-0.2, 0) is 0 Å². The molecule has 0 amide bonds. The average molecular weight is 206 g/mol. The zero-order valence-electron chi connectivity index (χ0n) is 8.38. The summed E-state index contributed by atoms with van der Waals surface area (Å²) in [6.45, 7) is 1.84. The van der Waals surface area contributed by atoms with Crippen molar-refractivity contribution < 1.29 is 4.74 Å². The van der Waals surface area contributed by atoms with Gasteiger partial charge in [-0.3, -0.25) is 9.78 Å². The largest absolute Gasteiger partial charge is 0.496 e. The fraction of sp³-hybridized carbons (Fsp3) is 0.200. The predicted octanol–water partition coefficient (Wildman–Crippen LogP) is 0.533. The van der Waals surface area contributed by atoms with Crippen molar-refractivity contribution in [2.24, 2.45) is 0 Å². The Bertz CT molecular complexity index is 625. The van der Waals surface area contributed by atoms with Gasteiger partial charge in [0.25, 0.3) is 5.56 Å². The number of benzene rings is 1. The highest BCUT2D eigenvalue weighted by Gasteiger charge is 2.05. The third-order valence-corrected chi connectivity index (χ3v) is 2.25. The molecule has 0 aliphatic rings. The molecule has 2 rings (SSSR count). The Morgan fingerprint density at radius 3 is 2.60 bits per heavy atom. The van der Waals surface area contributed by atoms with Crippen LogP contribution in [0.15, 0.2) is 21.7 Å². The average Bonchev–Trinajstić information content (AvgIpc) is 2.18. The van der Waals surface area contributed by atoms with Crippen LogP contribution in [0.5, 0.6) is 5.75 Å². The van der Waals surface area contributed by atoms with E-state index in [9.17, 15) is 9.59 Å². The number of hydrogen-bond donors (Lipinski definition) is 2. The Labute approximate surface area is 84.7 Å². The maximum absolute atomic E-state index is 11.4. The van der Waals surface area contributed by atoms with E-state index in [0.717, 1.165) is 5.56 Å². The molecule has 5 heteroatoms. The number of rotatable bonds is 1. The Hall–Kier alpha value is -2.04. The van der Waals surface area contributed by atoms with Gasteiger partial charge in [-0.25, -0.2) is 4.79 Å². The lowest BCUT2D eigenvalue weighted by molar-refractivity contribution is 0.412. The van der Waals surface area contributed by atoms with Crippen molar-refractivity contribution in [2.45, 2.75) is 6.92 Å².